The van der Waals surface area contributed by atoms with Crippen LogP contribution in [0, 0.1) is 5.92 Å². The molecule has 0 aromatic rings. The van der Waals surface area contributed by atoms with Gasteiger partial charge in [0.2, 0.25) is 0 Å². The number of likely N-dealkylation sites (tertiary alicyclic amines) is 1. The first-order valence-corrected chi connectivity index (χ1v) is 11.1. The molecule has 1 fully saturated rings. The molecule has 3 aliphatic rings. The van der Waals surface area contributed by atoms with Crippen molar-refractivity contribution in [2.75, 3.05) is 32.7 Å². The number of hydrogen-bond donors (Lipinski definition) is 1. The van der Waals surface area contributed by atoms with E-state index in [2.05, 4.69) is 15.2 Å². The number of alkyl halides is 6. The molecule has 1 N–H and O–H groups in total. The summed E-state index contributed by atoms with van der Waals surface area (Å²) in [6.45, 7) is 5.31. The van der Waals surface area contributed by atoms with Crippen molar-refractivity contribution in [3.05, 3.63) is 22.8 Å². The SMILES string of the molecule is CCN1CCC2(CC1)OC(=O)C(C)=C2C(=O)NCCN=C1C=C(C(F)(F)F)CC(C(F)(F)F)C1. The molecule has 2 heterocycles. The minimum Gasteiger partial charge on any atom is -0.450 e. The molecule has 12 heteroatoms. The van der Waals surface area contributed by atoms with Crippen molar-refractivity contribution < 1.29 is 40.7 Å². The van der Waals surface area contributed by atoms with Crippen LogP contribution in [0.1, 0.15) is 39.5 Å². The van der Waals surface area contributed by atoms with Crippen LogP contribution < -0.4 is 5.32 Å². The van der Waals surface area contributed by atoms with Crippen molar-refractivity contribution in [2.45, 2.75) is 57.5 Å². The van der Waals surface area contributed by atoms with Crippen LogP contribution in [0.15, 0.2) is 27.8 Å². The lowest BCUT2D eigenvalue weighted by Crippen LogP contribution is -2.48. The molecular weight excluding hydrogens is 468 g/mol. The Kier molecular flexibility index (Phi) is 7.49. The summed E-state index contributed by atoms with van der Waals surface area (Å²) in [6, 6.07) is 0. The largest absolute Gasteiger partial charge is 0.450 e. The van der Waals surface area contributed by atoms with Crippen LogP contribution in [0.4, 0.5) is 26.3 Å². The first-order chi connectivity index (χ1) is 15.8. The number of amides is 1. The molecule has 0 aromatic heterocycles. The predicted octanol–water partition coefficient (Wildman–Crippen LogP) is 3.73. The van der Waals surface area contributed by atoms with E-state index in [1.807, 2.05) is 6.92 Å². The Labute approximate surface area is 193 Å². The van der Waals surface area contributed by atoms with Gasteiger partial charge in [-0.2, -0.15) is 26.3 Å². The van der Waals surface area contributed by atoms with E-state index in [9.17, 15) is 35.9 Å². The van der Waals surface area contributed by atoms with Crippen LogP contribution in [0.25, 0.3) is 0 Å². The number of carbonyl (C=O) groups is 2. The molecule has 1 aliphatic carbocycles. The van der Waals surface area contributed by atoms with Crippen molar-refractivity contribution in [2.24, 2.45) is 10.9 Å². The van der Waals surface area contributed by atoms with Gasteiger partial charge < -0.3 is 15.0 Å². The van der Waals surface area contributed by atoms with E-state index < -0.39 is 54.2 Å². The van der Waals surface area contributed by atoms with Gasteiger partial charge in [-0.05, 0) is 26.0 Å². The van der Waals surface area contributed by atoms with Crippen molar-refractivity contribution in [3.8, 4) is 0 Å². The van der Waals surface area contributed by atoms with Crippen LogP contribution in [0.5, 0.6) is 0 Å². The van der Waals surface area contributed by atoms with Gasteiger partial charge in [0.15, 0.2) is 0 Å². The molecule has 6 nitrogen and oxygen atoms in total. The van der Waals surface area contributed by atoms with E-state index in [0.29, 0.717) is 32.0 Å². The molecule has 0 aromatic carbocycles. The fourth-order valence-corrected chi connectivity index (χ4v) is 4.61. The average molecular weight is 495 g/mol. The minimum atomic E-state index is -4.88. The van der Waals surface area contributed by atoms with Crippen molar-refractivity contribution in [1.29, 1.82) is 0 Å². The number of carbonyl (C=O) groups excluding carboxylic acids is 2. The van der Waals surface area contributed by atoms with Gasteiger partial charge in [0.05, 0.1) is 18.0 Å². The van der Waals surface area contributed by atoms with Gasteiger partial charge in [0.1, 0.15) is 5.60 Å². The number of ether oxygens (including phenoxy) is 1. The van der Waals surface area contributed by atoms with Gasteiger partial charge >= 0.3 is 18.3 Å². The van der Waals surface area contributed by atoms with Crippen LogP contribution in [0.3, 0.4) is 0 Å². The smallest absolute Gasteiger partial charge is 0.412 e. The summed E-state index contributed by atoms with van der Waals surface area (Å²) < 4.78 is 83.9. The van der Waals surface area contributed by atoms with E-state index in [1.54, 1.807) is 0 Å². The summed E-state index contributed by atoms with van der Waals surface area (Å²) in [4.78, 5) is 31.1. The highest BCUT2D eigenvalue weighted by Crippen LogP contribution is 2.42. The van der Waals surface area contributed by atoms with Gasteiger partial charge in [0.25, 0.3) is 5.91 Å². The second kappa shape index (κ2) is 9.71. The summed E-state index contributed by atoms with van der Waals surface area (Å²) in [5.41, 5.74) is -2.17. The maximum atomic E-state index is 13.1. The van der Waals surface area contributed by atoms with Gasteiger partial charge in [-0.25, -0.2) is 4.79 Å². The Bertz CT molecular complexity index is 912. The maximum Gasteiger partial charge on any atom is 0.412 e. The number of aliphatic imine (C=N–C) groups is 1. The summed E-state index contributed by atoms with van der Waals surface area (Å²) in [5, 5.41) is 2.58. The fraction of sp³-hybridized carbons (Fsp3) is 0.682. The van der Waals surface area contributed by atoms with Crippen LogP contribution >= 0.6 is 0 Å². The average Bonchev–Trinajstić information content (AvgIpc) is 2.99. The second-order valence-corrected chi connectivity index (χ2v) is 8.76. The summed E-state index contributed by atoms with van der Waals surface area (Å²) in [7, 11) is 0. The number of nitrogens with zero attached hydrogens (tertiary/aromatic N) is 2. The number of piperidine rings is 1. The lowest BCUT2D eigenvalue weighted by Gasteiger charge is -2.38. The number of nitrogens with one attached hydrogen (secondary N) is 1. The van der Waals surface area contributed by atoms with E-state index >= 15 is 0 Å². The molecular formula is C22H27F6N3O3. The van der Waals surface area contributed by atoms with Gasteiger partial charge in [-0.15, -0.1) is 0 Å². The molecule has 1 atom stereocenters. The van der Waals surface area contributed by atoms with Gasteiger partial charge in [-0.3, -0.25) is 9.79 Å². The molecule has 1 unspecified atom stereocenters. The van der Waals surface area contributed by atoms with E-state index in [4.69, 9.17) is 4.74 Å². The Morgan fingerprint density at radius 1 is 1.21 bits per heavy atom. The number of esters is 1. The highest BCUT2D eigenvalue weighted by Gasteiger charge is 2.50. The summed E-state index contributed by atoms with van der Waals surface area (Å²) >= 11 is 0. The predicted molar refractivity (Wildman–Crippen MR) is 111 cm³/mol. The maximum absolute atomic E-state index is 13.1. The van der Waals surface area contributed by atoms with Crippen LogP contribution in [-0.4, -0.2) is 73.2 Å². The van der Waals surface area contributed by atoms with Crippen LogP contribution in [0.2, 0.25) is 0 Å². The first-order valence-electron chi connectivity index (χ1n) is 11.1. The van der Waals surface area contributed by atoms with Gasteiger partial charge in [-0.1, -0.05) is 6.92 Å². The number of rotatable bonds is 5. The molecule has 2 aliphatic heterocycles. The Morgan fingerprint density at radius 2 is 1.85 bits per heavy atom. The second-order valence-electron chi connectivity index (χ2n) is 8.76. The minimum absolute atomic E-state index is 0.115. The van der Waals surface area contributed by atoms with Crippen molar-refractivity contribution >= 4 is 17.6 Å². The highest BCUT2D eigenvalue weighted by molar-refractivity contribution is 6.07. The van der Waals surface area contributed by atoms with E-state index in [-0.39, 0.29) is 29.9 Å². The first kappa shape index (κ1) is 26.2. The molecule has 0 bridgehead atoms. The molecule has 1 spiro atoms. The van der Waals surface area contributed by atoms with Crippen LogP contribution in [-0.2, 0) is 14.3 Å². The standard InChI is InChI=1S/C22H27F6N3O3/c1-3-31-8-4-20(5-9-31)17(13(2)19(33)34-20)18(32)30-7-6-29-16-11-14(21(23,24)25)10-15(12-16)22(26,27)28/h11,15H,3-10,12H2,1-2H3,(H,30,32). The molecule has 0 saturated carbocycles. The molecule has 0 radical (unpaired) electrons. The zero-order chi connectivity index (χ0) is 25.3. The van der Waals surface area contributed by atoms with E-state index in [1.165, 1.54) is 6.92 Å². The lowest BCUT2D eigenvalue weighted by atomic mass is 9.82. The fourth-order valence-electron chi connectivity index (χ4n) is 4.61. The van der Waals surface area contributed by atoms with E-state index in [0.717, 1.165) is 6.54 Å². The molecule has 34 heavy (non-hydrogen) atoms. The Hall–Kier alpha value is -2.37. The molecule has 1 amide bonds. The Balaban J connectivity index is 1.66. The van der Waals surface area contributed by atoms with Crippen molar-refractivity contribution in [3.63, 3.8) is 0 Å². The number of allylic oxidation sites excluding steroid dienone is 2. The monoisotopic (exact) mass is 495 g/mol. The zero-order valence-electron chi connectivity index (χ0n) is 18.9. The molecule has 1 saturated heterocycles. The Morgan fingerprint density at radius 3 is 2.41 bits per heavy atom. The van der Waals surface area contributed by atoms with Crippen molar-refractivity contribution in [1.82, 2.24) is 10.2 Å². The molecule has 190 valence electrons. The topological polar surface area (TPSA) is 71.0 Å². The third-order valence-corrected chi connectivity index (χ3v) is 6.56. The quantitative estimate of drug-likeness (QED) is 0.359. The summed E-state index contributed by atoms with van der Waals surface area (Å²) in [6.07, 6.45) is -9.88. The highest BCUT2D eigenvalue weighted by atomic mass is 19.4. The normalized spacial score (nSPS) is 25.1. The molecule has 3 rings (SSSR count). The third-order valence-electron chi connectivity index (χ3n) is 6.56. The lowest BCUT2D eigenvalue weighted by molar-refractivity contribution is -0.177. The van der Waals surface area contributed by atoms with Gasteiger partial charge in [0, 0.05) is 55.8 Å². The summed E-state index contributed by atoms with van der Waals surface area (Å²) in [5.74, 6) is -3.27. The third kappa shape index (κ3) is 5.64. The number of hydrogen-bond acceptors (Lipinski definition) is 5. The zero-order valence-corrected chi connectivity index (χ0v) is 18.9. The number of halogens is 6.